The average molecular weight is 423 g/mol. The summed E-state index contributed by atoms with van der Waals surface area (Å²) in [5.74, 6) is -0.755. The molecule has 3 rings (SSSR count). The van der Waals surface area contributed by atoms with Gasteiger partial charge in [0.05, 0.1) is 24.3 Å². The Bertz CT molecular complexity index is 876. The molecule has 0 aromatic heterocycles. The first kappa shape index (κ1) is 22.5. The van der Waals surface area contributed by atoms with Crippen LogP contribution in [0.5, 0.6) is 0 Å². The molecule has 0 bridgehead atoms. The van der Waals surface area contributed by atoms with Crippen molar-refractivity contribution in [2.24, 2.45) is 0 Å². The maximum absolute atomic E-state index is 12.8. The van der Waals surface area contributed by atoms with Crippen molar-refractivity contribution in [1.29, 1.82) is 0 Å². The molecule has 31 heavy (non-hydrogen) atoms. The second-order valence-electron chi connectivity index (χ2n) is 7.76. The summed E-state index contributed by atoms with van der Waals surface area (Å²) in [6.45, 7) is 1.83. The Morgan fingerprint density at radius 3 is 2.35 bits per heavy atom. The number of anilines is 1. The van der Waals surface area contributed by atoms with E-state index in [-0.39, 0.29) is 30.6 Å². The van der Waals surface area contributed by atoms with E-state index in [2.05, 4.69) is 5.32 Å². The van der Waals surface area contributed by atoms with Gasteiger partial charge in [-0.15, -0.1) is 0 Å². The molecule has 0 radical (unpaired) electrons. The number of hydrogen-bond donors (Lipinski definition) is 1. The van der Waals surface area contributed by atoms with Crippen LogP contribution in [0.3, 0.4) is 0 Å². The molecule has 6 nitrogen and oxygen atoms in total. The van der Waals surface area contributed by atoms with Gasteiger partial charge < -0.3 is 15.0 Å². The minimum absolute atomic E-state index is 0.0133. The molecule has 0 unspecified atom stereocenters. The number of esters is 1. The van der Waals surface area contributed by atoms with Gasteiger partial charge in [0.2, 0.25) is 5.91 Å². The highest BCUT2D eigenvalue weighted by Gasteiger charge is 2.21. The fourth-order valence-electron chi connectivity index (χ4n) is 3.65. The van der Waals surface area contributed by atoms with Gasteiger partial charge in [0.1, 0.15) is 0 Å². The molecule has 0 aliphatic carbocycles. The highest BCUT2D eigenvalue weighted by atomic mass is 16.5. The number of piperidine rings is 1. The summed E-state index contributed by atoms with van der Waals surface area (Å²) in [6, 6.07) is 17.0. The van der Waals surface area contributed by atoms with Crippen LogP contribution in [0.4, 0.5) is 5.69 Å². The molecule has 6 heteroatoms. The van der Waals surface area contributed by atoms with Gasteiger partial charge in [-0.1, -0.05) is 42.5 Å². The number of aryl methyl sites for hydroxylation is 1. The molecule has 0 spiro atoms. The molecule has 1 heterocycles. The number of nitrogens with one attached hydrogen (secondary N) is 1. The SMILES string of the molecule is O=C(CCC(=O)OCCCc1ccccc1)Nc1ccccc1C(=O)N1CCCCC1. The predicted molar refractivity (Wildman–Crippen MR) is 120 cm³/mol. The van der Waals surface area contributed by atoms with Crippen molar-refractivity contribution in [3.63, 3.8) is 0 Å². The fourth-order valence-corrected chi connectivity index (χ4v) is 3.65. The monoisotopic (exact) mass is 422 g/mol. The van der Waals surface area contributed by atoms with Crippen LogP contribution < -0.4 is 5.32 Å². The van der Waals surface area contributed by atoms with E-state index in [1.54, 1.807) is 24.3 Å². The molecular formula is C25H30N2O4. The van der Waals surface area contributed by atoms with E-state index in [4.69, 9.17) is 4.74 Å². The maximum atomic E-state index is 12.8. The van der Waals surface area contributed by atoms with Gasteiger partial charge in [-0.3, -0.25) is 14.4 Å². The Morgan fingerprint density at radius 2 is 1.58 bits per heavy atom. The topological polar surface area (TPSA) is 75.7 Å². The van der Waals surface area contributed by atoms with Crippen molar-refractivity contribution in [1.82, 2.24) is 4.90 Å². The highest BCUT2D eigenvalue weighted by Crippen LogP contribution is 2.20. The Labute approximate surface area is 183 Å². The lowest BCUT2D eigenvalue weighted by atomic mass is 10.1. The summed E-state index contributed by atoms with van der Waals surface area (Å²) >= 11 is 0. The van der Waals surface area contributed by atoms with Crippen LogP contribution in [-0.4, -0.2) is 42.4 Å². The molecule has 2 aromatic rings. The number of likely N-dealkylation sites (tertiary alicyclic amines) is 1. The number of rotatable bonds is 9. The van der Waals surface area contributed by atoms with Crippen LogP contribution >= 0.6 is 0 Å². The largest absolute Gasteiger partial charge is 0.466 e. The van der Waals surface area contributed by atoms with Crippen molar-refractivity contribution >= 4 is 23.5 Å². The van der Waals surface area contributed by atoms with Crippen LogP contribution in [0.2, 0.25) is 0 Å². The summed E-state index contributed by atoms with van der Waals surface area (Å²) in [4.78, 5) is 38.9. The lowest BCUT2D eigenvalue weighted by molar-refractivity contribution is -0.144. The standard InChI is InChI=1S/C25H30N2O4/c28-23(15-16-24(29)31-19-9-12-20-10-3-1-4-11-20)26-22-14-6-5-13-21(22)25(30)27-17-7-2-8-18-27/h1,3-6,10-11,13-14H,2,7-9,12,15-19H2,(H,26,28). The zero-order valence-electron chi connectivity index (χ0n) is 17.8. The Morgan fingerprint density at radius 1 is 0.871 bits per heavy atom. The van der Waals surface area contributed by atoms with E-state index >= 15 is 0 Å². The Balaban J connectivity index is 1.41. The van der Waals surface area contributed by atoms with Crippen molar-refractivity contribution in [2.75, 3.05) is 25.0 Å². The van der Waals surface area contributed by atoms with Crippen molar-refractivity contribution in [3.05, 3.63) is 65.7 Å². The van der Waals surface area contributed by atoms with Crippen molar-refractivity contribution in [3.8, 4) is 0 Å². The summed E-state index contributed by atoms with van der Waals surface area (Å²) in [6.07, 6.45) is 4.78. The molecule has 2 amide bonds. The third-order valence-corrected chi connectivity index (χ3v) is 5.35. The number of hydrogen-bond acceptors (Lipinski definition) is 4. The van der Waals surface area contributed by atoms with Gasteiger partial charge in [-0.2, -0.15) is 0 Å². The van der Waals surface area contributed by atoms with Gasteiger partial charge in [-0.05, 0) is 49.8 Å². The van der Waals surface area contributed by atoms with Gasteiger partial charge in [-0.25, -0.2) is 0 Å². The zero-order valence-corrected chi connectivity index (χ0v) is 17.8. The number of para-hydroxylation sites is 1. The molecule has 1 fully saturated rings. The highest BCUT2D eigenvalue weighted by molar-refractivity contribution is 6.04. The van der Waals surface area contributed by atoms with E-state index in [0.717, 1.165) is 45.2 Å². The first-order valence-corrected chi connectivity index (χ1v) is 11.0. The molecule has 1 N–H and O–H groups in total. The lowest BCUT2D eigenvalue weighted by Gasteiger charge is -2.27. The predicted octanol–water partition coefficient (Wildman–Crippen LogP) is 4.21. The van der Waals surface area contributed by atoms with E-state index in [1.165, 1.54) is 5.56 Å². The molecular weight excluding hydrogens is 392 g/mol. The summed E-state index contributed by atoms with van der Waals surface area (Å²) < 4.78 is 5.23. The van der Waals surface area contributed by atoms with E-state index in [9.17, 15) is 14.4 Å². The number of carbonyl (C=O) groups excluding carboxylic acids is 3. The third-order valence-electron chi connectivity index (χ3n) is 5.35. The summed E-state index contributed by atoms with van der Waals surface area (Å²) in [7, 11) is 0. The molecule has 0 atom stereocenters. The molecule has 1 saturated heterocycles. The minimum atomic E-state index is -0.388. The molecule has 1 aliphatic heterocycles. The van der Waals surface area contributed by atoms with Crippen molar-refractivity contribution < 1.29 is 19.1 Å². The minimum Gasteiger partial charge on any atom is -0.466 e. The Hall–Kier alpha value is -3.15. The smallest absolute Gasteiger partial charge is 0.306 e. The van der Waals surface area contributed by atoms with Crippen LogP contribution in [0, 0.1) is 0 Å². The number of benzene rings is 2. The molecule has 164 valence electrons. The van der Waals surface area contributed by atoms with E-state index < -0.39 is 0 Å². The Kier molecular flexibility index (Phi) is 8.64. The third kappa shape index (κ3) is 7.24. The maximum Gasteiger partial charge on any atom is 0.306 e. The average Bonchev–Trinajstić information content (AvgIpc) is 2.82. The van der Waals surface area contributed by atoms with Gasteiger partial charge in [0, 0.05) is 19.5 Å². The van der Waals surface area contributed by atoms with Crippen molar-refractivity contribution in [2.45, 2.75) is 44.9 Å². The number of amides is 2. The van der Waals surface area contributed by atoms with E-state index in [1.807, 2.05) is 35.2 Å². The zero-order chi connectivity index (χ0) is 21.9. The molecule has 0 saturated carbocycles. The number of ether oxygens (including phenoxy) is 1. The lowest BCUT2D eigenvalue weighted by Crippen LogP contribution is -2.36. The van der Waals surface area contributed by atoms with Gasteiger partial charge in [0.25, 0.3) is 5.91 Å². The number of nitrogens with zero attached hydrogens (tertiary/aromatic N) is 1. The summed E-state index contributed by atoms with van der Waals surface area (Å²) in [5, 5.41) is 2.78. The quantitative estimate of drug-likeness (QED) is 0.485. The normalized spacial score (nSPS) is 13.5. The van der Waals surface area contributed by atoms with Gasteiger partial charge in [0.15, 0.2) is 0 Å². The van der Waals surface area contributed by atoms with Crippen LogP contribution in [0.15, 0.2) is 54.6 Å². The first-order chi connectivity index (χ1) is 15.1. The van der Waals surface area contributed by atoms with Gasteiger partial charge >= 0.3 is 5.97 Å². The molecule has 2 aromatic carbocycles. The first-order valence-electron chi connectivity index (χ1n) is 11.0. The second-order valence-corrected chi connectivity index (χ2v) is 7.76. The van der Waals surface area contributed by atoms with Crippen LogP contribution in [0.1, 0.15) is 54.4 Å². The van der Waals surface area contributed by atoms with E-state index in [0.29, 0.717) is 17.9 Å². The fraction of sp³-hybridized carbons (Fsp3) is 0.400. The number of carbonyl (C=O) groups is 3. The van der Waals surface area contributed by atoms with Crippen LogP contribution in [-0.2, 0) is 20.7 Å². The second kappa shape index (κ2) is 11.9. The van der Waals surface area contributed by atoms with Crippen LogP contribution in [0.25, 0.3) is 0 Å². The molecule has 1 aliphatic rings. The summed E-state index contributed by atoms with van der Waals surface area (Å²) in [5.41, 5.74) is 2.18.